The number of hydrogen-bond acceptors (Lipinski definition) is 5. The van der Waals surface area contributed by atoms with Gasteiger partial charge in [-0.3, -0.25) is 14.8 Å². The number of carbonyl (C=O) groups is 1. The third-order valence-corrected chi connectivity index (χ3v) is 5.69. The van der Waals surface area contributed by atoms with E-state index in [9.17, 15) is 4.79 Å². The van der Waals surface area contributed by atoms with Crippen LogP contribution in [0.2, 0.25) is 0 Å². The summed E-state index contributed by atoms with van der Waals surface area (Å²) in [5.74, 6) is 0.594. The van der Waals surface area contributed by atoms with Crippen molar-refractivity contribution in [3.63, 3.8) is 0 Å². The molecule has 2 aromatic heterocycles. The van der Waals surface area contributed by atoms with Crippen molar-refractivity contribution >= 4 is 33.7 Å². The van der Waals surface area contributed by atoms with E-state index in [4.69, 9.17) is 4.74 Å². The maximum absolute atomic E-state index is 12.5. The summed E-state index contributed by atoms with van der Waals surface area (Å²) in [6.45, 7) is 7.59. The predicted molar refractivity (Wildman–Crippen MR) is 116 cm³/mol. The van der Waals surface area contributed by atoms with Gasteiger partial charge in [-0.15, -0.1) is 11.3 Å². The molecular formula is C22H23N3O2S. The fourth-order valence-electron chi connectivity index (χ4n) is 3.14. The Morgan fingerprint density at radius 3 is 2.93 bits per heavy atom. The Balaban J connectivity index is 1.77. The van der Waals surface area contributed by atoms with E-state index in [0.717, 1.165) is 21.9 Å². The molecular weight excluding hydrogens is 370 g/mol. The van der Waals surface area contributed by atoms with E-state index >= 15 is 0 Å². The van der Waals surface area contributed by atoms with E-state index in [-0.39, 0.29) is 11.8 Å². The SMILES string of the molecule is C=COC(=NC)C1C=CC(C)=C(c2ccc(NC(=O)c3ccncc3C)s2)C1. The highest BCUT2D eigenvalue weighted by Crippen LogP contribution is 2.37. The number of nitrogens with zero attached hydrogens (tertiary/aromatic N) is 2. The van der Waals surface area contributed by atoms with Gasteiger partial charge in [-0.2, -0.15) is 0 Å². The van der Waals surface area contributed by atoms with Crippen molar-refractivity contribution in [2.75, 3.05) is 12.4 Å². The van der Waals surface area contributed by atoms with Gasteiger partial charge in [0.1, 0.15) is 0 Å². The lowest BCUT2D eigenvalue weighted by molar-refractivity contribution is 0.102. The van der Waals surface area contributed by atoms with Crippen molar-refractivity contribution < 1.29 is 9.53 Å². The molecule has 0 bridgehead atoms. The lowest BCUT2D eigenvalue weighted by Gasteiger charge is -2.21. The first-order valence-electron chi connectivity index (χ1n) is 8.97. The summed E-state index contributed by atoms with van der Waals surface area (Å²) in [5.41, 5.74) is 3.91. The third-order valence-electron chi connectivity index (χ3n) is 4.63. The molecule has 5 nitrogen and oxygen atoms in total. The third kappa shape index (κ3) is 4.28. The fraction of sp³-hybridized carbons (Fsp3) is 0.227. The topological polar surface area (TPSA) is 63.6 Å². The summed E-state index contributed by atoms with van der Waals surface area (Å²) in [5, 5.41) is 3.80. The molecule has 1 N–H and O–H groups in total. The Morgan fingerprint density at radius 1 is 1.39 bits per heavy atom. The number of ether oxygens (including phenoxy) is 1. The Kier molecular flexibility index (Phi) is 6.21. The maximum atomic E-state index is 12.5. The van der Waals surface area contributed by atoms with Crippen LogP contribution in [0.15, 0.2) is 66.2 Å². The van der Waals surface area contributed by atoms with Crippen LogP contribution in [-0.2, 0) is 4.74 Å². The van der Waals surface area contributed by atoms with Crippen molar-refractivity contribution in [2.24, 2.45) is 10.9 Å². The molecule has 144 valence electrons. The summed E-state index contributed by atoms with van der Waals surface area (Å²) < 4.78 is 5.45. The average molecular weight is 394 g/mol. The first-order chi connectivity index (χ1) is 13.5. The smallest absolute Gasteiger partial charge is 0.256 e. The van der Waals surface area contributed by atoms with Gasteiger partial charge in [-0.1, -0.05) is 18.7 Å². The van der Waals surface area contributed by atoms with Crippen molar-refractivity contribution in [3.8, 4) is 0 Å². The number of pyridine rings is 1. The number of rotatable bonds is 5. The first-order valence-corrected chi connectivity index (χ1v) is 9.79. The van der Waals surface area contributed by atoms with E-state index in [0.29, 0.717) is 11.5 Å². The number of aryl methyl sites for hydroxylation is 1. The van der Waals surface area contributed by atoms with Gasteiger partial charge in [-0.05, 0) is 55.2 Å². The first kappa shape index (κ1) is 19.8. The van der Waals surface area contributed by atoms with Gasteiger partial charge in [0, 0.05) is 29.9 Å². The molecule has 1 atom stereocenters. The second kappa shape index (κ2) is 8.80. The molecule has 0 saturated carbocycles. The molecule has 2 heterocycles. The van der Waals surface area contributed by atoms with Gasteiger partial charge in [0.05, 0.1) is 17.2 Å². The number of aromatic nitrogens is 1. The van der Waals surface area contributed by atoms with Crippen LogP contribution in [0.25, 0.3) is 5.57 Å². The highest BCUT2D eigenvalue weighted by Gasteiger charge is 2.22. The molecule has 0 aromatic carbocycles. The highest BCUT2D eigenvalue weighted by atomic mass is 32.1. The van der Waals surface area contributed by atoms with Gasteiger partial charge in [0.2, 0.25) is 0 Å². The molecule has 6 heteroatoms. The number of hydrogen-bond donors (Lipinski definition) is 1. The van der Waals surface area contributed by atoms with E-state index in [2.05, 4.69) is 40.9 Å². The zero-order valence-corrected chi connectivity index (χ0v) is 17.0. The van der Waals surface area contributed by atoms with Crippen molar-refractivity contribution in [3.05, 3.63) is 77.2 Å². The molecule has 0 spiro atoms. The van der Waals surface area contributed by atoms with E-state index in [1.165, 1.54) is 17.4 Å². The quantitative estimate of drug-likeness (QED) is 0.429. The van der Waals surface area contributed by atoms with Crippen LogP contribution in [0.5, 0.6) is 0 Å². The van der Waals surface area contributed by atoms with E-state index in [1.807, 2.05) is 19.1 Å². The number of thiophene rings is 1. The van der Waals surface area contributed by atoms with Gasteiger partial charge in [0.15, 0.2) is 5.90 Å². The number of aliphatic imine (C=N–C) groups is 1. The molecule has 0 fully saturated rings. The Morgan fingerprint density at radius 2 is 2.21 bits per heavy atom. The maximum Gasteiger partial charge on any atom is 0.256 e. The molecule has 28 heavy (non-hydrogen) atoms. The van der Waals surface area contributed by atoms with Crippen LogP contribution in [-0.4, -0.2) is 23.8 Å². The van der Waals surface area contributed by atoms with Crippen LogP contribution < -0.4 is 5.32 Å². The molecule has 3 rings (SSSR count). The molecule has 1 aliphatic rings. The molecule has 1 amide bonds. The normalized spacial score (nSPS) is 16.8. The van der Waals surface area contributed by atoms with Gasteiger partial charge in [0.25, 0.3) is 5.91 Å². The number of allylic oxidation sites excluding steroid dienone is 3. The van der Waals surface area contributed by atoms with Gasteiger partial charge in [-0.25, -0.2) is 0 Å². The van der Waals surface area contributed by atoms with Gasteiger partial charge >= 0.3 is 0 Å². The number of amides is 1. The summed E-state index contributed by atoms with van der Waals surface area (Å²) in [4.78, 5) is 21.9. The number of anilines is 1. The minimum absolute atomic E-state index is 0.0707. The molecule has 1 aliphatic carbocycles. The van der Waals surface area contributed by atoms with E-state index in [1.54, 1.807) is 36.8 Å². The minimum atomic E-state index is -0.125. The molecule has 2 aromatic rings. The van der Waals surface area contributed by atoms with Crippen LogP contribution in [0.1, 0.15) is 34.1 Å². The molecule has 0 saturated heterocycles. The number of carbonyl (C=O) groups excluding carboxylic acids is 1. The summed E-state index contributed by atoms with van der Waals surface area (Å²) in [6, 6.07) is 5.72. The van der Waals surface area contributed by atoms with Crippen LogP contribution in [0, 0.1) is 12.8 Å². The Hall–Kier alpha value is -2.99. The molecule has 1 unspecified atom stereocenters. The number of nitrogens with one attached hydrogen (secondary N) is 1. The fourth-order valence-corrected chi connectivity index (χ4v) is 4.16. The Bertz CT molecular complexity index is 985. The standard InChI is InChI=1S/C22H23N3O2S/c1-5-27-22(23-4)16-7-6-14(2)18(12-16)19-8-9-20(28-19)25-21(26)17-10-11-24-13-15(17)3/h5-11,13,16H,1,12H2,2-4H3,(H,25,26). The zero-order chi connectivity index (χ0) is 20.1. The van der Waals surface area contributed by atoms with Crippen molar-refractivity contribution in [1.82, 2.24) is 4.98 Å². The summed E-state index contributed by atoms with van der Waals surface area (Å²) in [6.07, 6.45) is 9.71. The second-order valence-electron chi connectivity index (χ2n) is 6.49. The van der Waals surface area contributed by atoms with Gasteiger partial charge < -0.3 is 10.1 Å². The highest BCUT2D eigenvalue weighted by molar-refractivity contribution is 7.17. The monoisotopic (exact) mass is 393 g/mol. The lowest BCUT2D eigenvalue weighted by Crippen LogP contribution is -2.16. The molecule has 0 aliphatic heterocycles. The second-order valence-corrected chi connectivity index (χ2v) is 7.57. The summed E-state index contributed by atoms with van der Waals surface area (Å²) >= 11 is 1.57. The zero-order valence-electron chi connectivity index (χ0n) is 16.2. The predicted octanol–water partition coefficient (Wildman–Crippen LogP) is 5.24. The largest absolute Gasteiger partial charge is 0.451 e. The lowest BCUT2D eigenvalue weighted by atomic mass is 9.89. The summed E-state index contributed by atoms with van der Waals surface area (Å²) in [7, 11) is 1.72. The van der Waals surface area contributed by atoms with Crippen LogP contribution in [0.4, 0.5) is 5.00 Å². The minimum Gasteiger partial charge on any atom is -0.451 e. The average Bonchev–Trinajstić information content (AvgIpc) is 3.15. The van der Waals surface area contributed by atoms with Crippen molar-refractivity contribution in [1.29, 1.82) is 0 Å². The van der Waals surface area contributed by atoms with E-state index < -0.39 is 0 Å². The Labute approximate surface area is 169 Å². The van der Waals surface area contributed by atoms with Crippen LogP contribution in [0.3, 0.4) is 0 Å². The molecule has 0 radical (unpaired) electrons. The van der Waals surface area contributed by atoms with Crippen molar-refractivity contribution in [2.45, 2.75) is 20.3 Å². The van der Waals surface area contributed by atoms with Crippen LogP contribution >= 0.6 is 11.3 Å².